The van der Waals surface area contributed by atoms with E-state index in [0.29, 0.717) is 6.54 Å². The average Bonchev–Trinajstić information content (AvgIpc) is 3.45. The molecule has 188 valence electrons. The molecule has 0 saturated heterocycles. The van der Waals surface area contributed by atoms with Crippen LogP contribution in [0.25, 0.3) is 32.9 Å². The van der Waals surface area contributed by atoms with E-state index in [1.54, 1.807) is 11.8 Å². The van der Waals surface area contributed by atoms with Crippen molar-refractivity contribution in [1.29, 1.82) is 0 Å². The fraction of sp³-hybridized carbons (Fsp3) is 0.194. The van der Waals surface area contributed by atoms with Gasteiger partial charge in [-0.15, -0.1) is 55.8 Å². The molecule has 0 unspecified atom stereocenters. The first-order chi connectivity index (χ1) is 17.4. The number of para-hydroxylation sites is 1. The first kappa shape index (κ1) is 25.8. The molecule has 3 aromatic carbocycles. The summed E-state index contributed by atoms with van der Waals surface area (Å²) in [6.07, 6.45) is 10.3. The van der Waals surface area contributed by atoms with Crippen molar-refractivity contribution in [3.05, 3.63) is 109 Å². The van der Waals surface area contributed by atoms with Gasteiger partial charge in [0, 0.05) is 0 Å². The Kier molecular flexibility index (Phi) is 7.04. The summed E-state index contributed by atoms with van der Waals surface area (Å²) in [5.41, 5.74) is 4.55. The minimum absolute atomic E-state index is 0. The SMILES string of the molecule is CN1C=CN(c2[c-]c(Sc3[c-]c4c(cc3)c3ccccc3n4C3=CC=CC[N-]3)cc(C(C)(C)C)c2)[CH-]1.[Pt+4]. The Hall–Kier alpha value is -2.88. The molecule has 0 radical (unpaired) electrons. The van der Waals surface area contributed by atoms with Crippen LogP contribution in [-0.2, 0) is 26.5 Å². The maximum Gasteiger partial charge on any atom is 4.00 e. The van der Waals surface area contributed by atoms with E-state index in [9.17, 15) is 0 Å². The van der Waals surface area contributed by atoms with Gasteiger partial charge in [-0.3, -0.25) is 0 Å². The maximum atomic E-state index is 4.77. The largest absolute Gasteiger partial charge is 4.00 e. The molecular weight excluding hydrogens is 656 g/mol. The molecule has 0 N–H and O–H groups in total. The molecule has 0 bridgehead atoms. The van der Waals surface area contributed by atoms with Gasteiger partial charge in [-0.25, -0.2) is 0 Å². The molecule has 0 amide bonds. The molecule has 2 aliphatic heterocycles. The van der Waals surface area contributed by atoms with E-state index in [0.717, 1.165) is 32.3 Å². The molecule has 6 heteroatoms. The number of hydrogen-bond acceptors (Lipinski definition) is 3. The second-order valence-electron chi connectivity index (χ2n) is 10.2. The summed E-state index contributed by atoms with van der Waals surface area (Å²) in [5, 5.41) is 7.18. The standard InChI is InChI=1S/C31H28N4S.Pt/c1-31(2,3)22-17-23(34-16-15-33(4)21-34)19-25(18-22)36-24-12-13-27-26-9-5-6-10-28(26)35(29(27)20-24)30-11-7-8-14-32-30;/h5-13,15-18,21H,14H2,1-4H3;/q-4;+4. The van der Waals surface area contributed by atoms with Crippen LogP contribution in [0.2, 0.25) is 0 Å². The van der Waals surface area contributed by atoms with Crippen molar-refractivity contribution in [3.63, 3.8) is 0 Å². The van der Waals surface area contributed by atoms with Crippen LogP contribution in [0, 0.1) is 18.8 Å². The van der Waals surface area contributed by atoms with E-state index in [2.05, 4.69) is 122 Å². The van der Waals surface area contributed by atoms with Crippen molar-refractivity contribution < 1.29 is 21.1 Å². The zero-order chi connectivity index (χ0) is 24.9. The Balaban J connectivity index is 0.00000280. The third kappa shape index (κ3) is 5.00. The van der Waals surface area contributed by atoms with Gasteiger partial charge in [-0.05, 0) is 36.9 Å². The number of aromatic nitrogens is 1. The van der Waals surface area contributed by atoms with Gasteiger partial charge in [0.05, 0.1) is 0 Å². The summed E-state index contributed by atoms with van der Waals surface area (Å²) in [5.74, 6) is 0.950. The Morgan fingerprint density at radius 1 is 0.973 bits per heavy atom. The van der Waals surface area contributed by atoms with Crippen LogP contribution in [0.1, 0.15) is 26.3 Å². The predicted octanol–water partition coefficient (Wildman–Crippen LogP) is 7.93. The quantitative estimate of drug-likeness (QED) is 0.205. The summed E-state index contributed by atoms with van der Waals surface area (Å²) in [4.78, 5) is 6.31. The number of nitrogens with zero attached hydrogens (tertiary/aromatic N) is 4. The molecule has 0 aliphatic carbocycles. The molecule has 2 aliphatic rings. The van der Waals surface area contributed by atoms with Gasteiger partial charge in [-0.2, -0.15) is 30.9 Å². The van der Waals surface area contributed by atoms with Gasteiger partial charge in [0.25, 0.3) is 0 Å². The van der Waals surface area contributed by atoms with Crippen LogP contribution in [0.15, 0.2) is 88.9 Å². The molecule has 4 aromatic rings. The Morgan fingerprint density at radius 3 is 2.54 bits per heavy atom. The molecule has 0 atom stereocenters. The summed E-state index contributed by atoms with van der Waals surface area (Å²) in [6, 6.07) is 24.8. The molecule has 0 fully saturated rings. The summed E-state index contributed by atoms with van der Waals surface area (Å²) < 4.78 is 2.23. The van der Waals surface area contributed by atoms with Crippen LogP contribution >= 0.6 is 11.8 Å². The smallest absolute Gasteiger partial charge is 0.510 e. The van der Waals surface area contributed by atoms with E-state index in [1.807, 2.05) is 18.1 Å². The van der Waals surface area contributed by atoms with E-state index in [1.165, 1.54) is 16.3 Å². The van der Waals surface area contributed by atoms with Crippen molar-refractivity contribution in [1.82, 2.24) is 9.47 Å². The first-order valence-electron chi connectivity index (χ1n) is 12.2. The minimum atomic E-state index is 0. The number of fused-ring (bicyclic) bond motifs is 3. The van der Waals surface area contributed by atoms with Crippen molar-refractivity contribution in [3.8, 4) is 0 Å². The molecule has 1 aromatic heterocycles. The van der Waals surface area contributed by atoms with Gasteiger partial charge in [0.15, 0.2) is 0 Å². The molecule has 6 rings (SSSR count). The summed E-state index contributed by atoms with van der Waals surface area (Å²) >= 11 is 1.70. The number of allylic oxidation sites excluding steroid dienone is 2. The van der Waals surface area contributed by atoms with Crippen LogP contribution in [0.5, 0.6) is 0 Å². The Bertz CT molecular complexity index is 1560. The van der Waals surface area contributed by atoms with E-state index < -0.39 is 0 Å². The summed E-state index contributed by atoms with van der Waals surface area (Å²) in [6.45, 7) is 9.52. The Labute approximate surface area is 238 Å². The molecule has 4 nitrogen and oxygen atoms in total. The van der Waals surface area contributed by atoms with Crippen LogP contribution in [0.4, 0.5) is 5.69 Å². The maximum absolute atomic E-state index is 4.77. The zero-order valence-corrected chi connectivity index (χ0v) is 24.4. The van der Waals surface area contributed by atoms with Gasteiger partial charge in [0.1, 0.15) is 0 Å². The molecule has 0 spiro atoms. The van der Waals surface area contributed by atoms with Crippen LogP contribution in [-0.4, -0.2) is 23.1 Å². The van der Waals surface area contributed by atoms with Gasteiger partial charge < -0.3 is 19.7 Å². The number of anilines is 1. The predicted molar refractivity (Wildman–Crippen MR) is 152 cm³/mol. The zero-order valence-electron chi connectivity index (χ0n) is 21.3. The van der Waals surface area contributed by atoms with Crippen LogP contribution < -0.4 is 4.90 Å². The normalized spacial score (nSPS) is 15.3. The van der Waals surface area contributed by atoms with Gasteiger partial charge >= 0.3 is 21.1 Å². The summed E-state index contributed by atoms with van der Waals surface area (Å²) in [7, 11) is 2.03. The van der Waals surface area contributed by atoms with Crippen molar-refractivity contribution in [2.24, 2.45) is 0 Å². The third-order valence-electron chi connectivity index (χ3n) is 6.49. The third-order valence-corrected chi connectivity index (χ3v) is 7.39. The minimum Gasteiger partial charge on any atom is -0.510 e. The number of hydrogen-bond donors (Lipinski definition) is 0. The van der Waals surface area contributed by atoms with E-state index >= 15 is 0 Å². The topological polar surface area (TPSA) is 25.5 Å². The number of rotatable bonds is 4. The second kappa shape index (κ2) is 10.1. The Morgan fingerprint density at radius 2 is 1.81 bits per heavy atom. The van der Waals surface area contributed by atoms with Crippen molar-refractivity contribution >= 4 is 45.1 Å². The first-order valence-corrected chi connectivity index (χ1v) is 13.0. The van der Waals surface area contributed by atoms with Crippen molar-refractivity contribution in [2.45, 2.75) is 36.0 Å². The molecule has 0 saturated carbocycles. The fourth-order valence-electron chi connectivity index (χ4n) is 4.60. The second-order valence-corrected chi connectivity index (χ2v) is 11.3. The van der Waals surface area contributed by atoms with Gasteiger partial charge in [0.2, 0.25) is 0 Å². The van der Waals surface area contributed by atoms with Gasteiger partial charge in [-0.1, -0.05) is 74.5 Å². The fourth-order valence-corrected chi connectivity index (χ4v) is 5.46. The molecular formula is C31H28N4PtS. The van der Waals surface area contributed by atoms with Crippen molar-refractivity contribution in [2.75, 3.05) is 18.5 Å². The molecule has 37 heavy (non-hydrogen) atoms. The monoisotopic (exact) mass is 683 g/mol. The van der Waals surface area contributed by atoms with E-state index in [4.69, 9.17) is 5.32 Å². The number of benzene rings is 3. The van der Waals surface area contributed by atoms with E-state index in [-0.39, 0.29) is 26.5 Å². The van der Waals surface area contributed by atoms with Crippen LogP contribution in [0.3, 0.4) is 0 Å². The molecule has 3 heterocycles. The average molecular weight is 684 g/mol.